The molecule has 7 heteroatoms. The summed E-state index contributed by atoms with van der Waals surface area (Å²) in [5.74, 6) is 0.229. The monoisotopic (exact) mass is 359 g/mol. The number of benzene rings is 1. The van der Waals surface area contributed by atoms with Gasteiger partial charge in [0.25, 0.3) is 0 Å². The average Bonchev–Trinajstić information content (AvgIpc) is 2.98. The molecule has 3 rings (SSSR count). The molecular formula is C18H18ClN3O3. The number of nitrogens with zero attached hydrogens (tertiary/aromatic N) is 2. The minimum absolute atomic E-state index is 0.132. The van der Waals surface area contributed by atoms with Gasteiger partial charge in [-0.3, -0.25) is 9.59 Å². The predicted molar refractivity (Wildman–Crippen MR) is 96.1 cm³/mol. The standard InChI is InChI=1S/C18H18ClN3O3/c1-11-4-3-7-20-17(11)21-18(24)12-8-16(23)22(10-12)14-9-13(19)5-6-15(14)25-2/h3-7,9,12H,8,10H2,1-2H3,(H,20,21,24). The maximum Gasteiger partial charge on any atom is 0.230 e. The molecule has 1 aromatic carbocycles. The Bertz CT molecular complexity index is 825. The third-order valence-electron chi connectivity index (χ3n) is 4.18. The number of anilines is 2. The van der Waals surface area contributed by atoms with Crippen molar-refractivity contribution in [2.45, 2.75) is 13.3 Å². The van der Waals surface area contributed by atoms with E-state index in [2.05, 4.69) is 10.3 Å². The highest BCUT2D eigenvalue weighted by atomic mass is 35.5. The molecule has 0 radical (unpaired) electrons. The van der Waals surface area contributed by atoms with Gasteiger partial charge in [0.05, 0.1) is 18.7 Å². The van der Waals surface area contributed by atoms with Crippen molar-refractivity contribution in [2.75, 3.05) is 23.9 Å². The maximum atomic E-state index is 12.5. The lowest BCUT2D eigenvalue weighted by molar-refractivity contribution is -0.122. The van der Waals surface area contributed by atoms with Crippen molar-refractivity contribution in [3.05, 3.63) is 47.1 Å². The van der Waals surface area contributed by atoms with Gasteiger partial charge in [0, 0.05) is 24.2 Å². The Morgan fingerprint density at radius 2 is 2.20 bits per heavy atom. The van der Waals surface area contributed by atoms with Crippen LogP contribution in [0.5, 0.6) is 5.75 Å². The zero-order chi connectivity index (χ0) is 18.0. The summed E-state index contributed by atoms with van der Waals surface area (Å²) in [6.07, 6.45) is 1.75. The molecule has 0 aliphatic carbocycles. The largest absolute Gasteiger partial charge is 0.495 e. The summed E-state index contributed by atoms with van der Waals surface area (Å²) in [5.41, 5.74) is 1.44. The number of carbonyl (C=O) groups is 2. The van der Waals surface area contributed by atoms with Crippen LogP contribution in [0.1, 0.15) is 12.0 Å². The van der Waals surface area contributed by atoms with Crippen LogP contribution in [0, 0.1) is 12.8 Å². The summed E-state index contributed by atoms with van der Waals surface area (Å²) < 4.78 is 5.31. The van der Waals surface area contributed by atoms with E-state index in [0.29, 0.717) is 22.3 Å². The van der Waals surface area contributed by atoms with Crippen molar-refractivity contribution in [2.24, 2.45) is 5.92 Å². The molecule has 2 aromatic rings. The van der Waals surface area contributed by atoms with E-state index in [1.165, 1.54) is 7.11 Å². The zero-order valence-corrected chi connectivity index (χ0v) is 14.7. The molecule has 2 amide bonds. The van der Waals surface area contributed by atoms with Crippen LogP contribution in [-0.4, -0.2) is 30.5 Å². The lowest BCUT2D eigenvalue weighted by Gasteiger charge is -2.20. The summed E-state index contributed by atoms with van der Waals surface area (Å²) in [5, 5.41) is 3.30. The Morgan fingerprint density at radius 3 is 2.92 bits per heavy atom. The van der Waals surface area contributed by atoms with Gasteiger partial charge >= 0.3 is 0 Å². The third-order valence-corrected chi connectivity index (χ3v) is 4.41. The van der Waals surface area contributed by atoms with Crippen molar-refractivity contribution in [1.29, 1.82) is 0 Å². The van der Waals surface area contributed by atoms with Gasteiger partial charge < -0.3 is 15.0 Å². The number of nitrogens with one attached hydrogen (secondary N) is 1. The van der Waals surface area contributed by atoms with E-state index in [0.717, 1.165) is 5.56 Å². The Labute approximate surface area is 150 Å². The van der Waals surface area contributed by atoms with Crippen molar-refractivity contribution >= 4 is 34.9 Å². The van der Waals surface area contributed by atoms with Crippen LogP contribution in [0.25, 0.3) is 0 Å². The molecule has 1 N–H and O–H groups in total. The summed E-state index contributed by atoms with van der Waals surface area (Å²) in [7, 11) is 1.53. The number of hydrogen-bond acceptors (Lipinski definition) is 4. The van der Waals surface area contributed by atoms with Crippen LogP contribution in [0.15, 0.2) is 36.5 Å². The first kappa shape index (κ1) is 17.2. The molecule has 0 bridgehead atoms. The van der Waals surface area contributed by atoms with Gasteiger partial charge in [0.1, 0.15) is 11.6 Å². The quantitative estimate of drug-likeness (QED) is 0.910. The molecule has 0 saturated carbocycles. The van der Waals surface area contributed by atoms with E-state index in [9.17, 15) is 9.59 Å². The number of ether oxygens (including phenoxy) is 1. The van der Waals surface area contributed by atoms with E-state index in [1.807, 2.05) is 13.0 Å². The number of methoxy groups -OCH3 is 1. The molecule has 2 heterocycles. The number of pyridine rings is 1. The highest BCUT2D eigenvalue weighted by molar-refractivity contribution is 6.31. The Balaban J connectivity index is 1.78. The average molecular weight is 360 g/mol. The molecule has 1 aromatic heterocycles. The maximum absolute atomic E-state index is 12.5. The Kier molecular flexibility index (Phi) is 4.90. The van der Waals surface area contributed by atoms with Crippen molar-refractivity contribution in [3.8, 4) is 5.75 Å². The van der Waals surface area contributed by atoms with Gasteiger partial charge in [0.15, 0.2) is 0 Å². The van der Waals surface area contributed by atoms with Gasteiger partial charge in [-0.05, 0) is 36.8 Å². The minimum atomic E-state index is -0.461. The number of halogens is 1. The summed E-state index contributed by atoms with van der Waals surface area (Å²) in [6, 6.07) is 8.73. The molecule has 1 aliphatic rings. The molecule has 1 fully saturated rings. The highest BCUT2D eigenvalue weighted by Gasteiger charge is 2.36. The van der Waals surface area contributed by atoms with E-state index >= 15 is 0 Å². The molecule has 1 unspecified atom stereocenters. The van der Waals surface area contributed by atoms with Crippen molar-refractivity contribution < 1.29 is 14.3 Å². The fourth-order valence-electron chi connectivity index (χ4n) is 2.83. The lowest BCUT2D eigenvalue weighted by Crippen LogP contribution is -2.28. The minimum Gasteiger partial charge on any atom is -0.495 e. The number of aryl methyl sites for hydroxylation is 1. The zero-order valence-electron chi connectivity index (χ0n) is 14.0. The summed E-state index contributed by atoms with van der Waals surface area (Å²) in [6.45, 7) is 2.14. The number of hydrogen-bond donors (Lipinski definition) is 1. The van der Waals surface area contributed by atoms with Gasteiger partial charge in [-0.15, -0.1) is 0 Å². The van der Waals surface area contributed by atoms with Crippen LogP contribution in [-0.2, 0) is 9.59 Å². The number of aromatic nitrogens is 1. The Hall–Kier alpha value is -2.60. The smallest absolute Gasteiger partial charge is 0.230 e. The van der Waals surface area contributed by atoms with Crippen LogP contribution >= 0.6 is 11.6 Å². The van der Waals surface area contributed by atoms with E-state index < -0.39 is 5.92 Å². The first-order valence-corrected chi connectivity index (χ1v) is 8.23. The molecule has 0 spiro atoms. The third kappa shape index (κ3) is 3.58. The number of amides is 2. The fourth-order valence-corrected chi connectivity index (χ4v) is 2.99. The first-order valence-electron chi connectivity index (χ1n) is 7.86. The van der Waals surface area contributed by atoms with E-state index in [1.54, 1.807) is 35.4 Å². The summed E-state index contributed by atoms with van der Waals surface area (Å²) in [4.78, 5) is 30.6. The van der Waals surface area contributed by atoms with Crippen LogP contribution in [0.2, 0.25) is 5.02 Å². The van der Waals surface area contributed by atoms with E-state index in [-0.39, 0.29) is 24.8 Å². The second-order valence-corrected chi connectivity index (χ2v) is 6.32. The molecule has 1 aliphatic heterocycles. The first-order chi connectivity index (χ1) is 12.0. The van der Waals surface area contributed by atoms with Gasteiger partial charge in [-0.25, -0.2) is 4.98 Å². The van der Waals surface area contributed by atoms with Gasteiger partial charge in [-0.2, -0.15) is 0 Å². The highest BCUT2D eigenvalue weighted by Crippen LogP contribution is 2.35. The second kappa shape index (κ2) is 7.11. The number of rotatable bonds is 4. The second-order valence-electron chi connectivity index (χ2n) is 5.88. The van der Waals surface area contributed by atoms with Crippen LogP contribution in [0.3, 0.4) is 0 Å². The lowest BCUT2D eigenvalue weighted by atomic mass is 10.1. The van der Waals surface area contributed by atoms with Crippen LogP contribution in [0.4, 0.5) is 11.5 Å². The predicted octanol–water partition coefficient (Wildman–Crippen LogP) is 3.04. The SMILES string of the molecule is COc1ccc(Cl)cc1N1CC(C(=O)Nc2ncccc2C)CC1=O. The molecule has 130 valence electrons. The molecule has 6 nitrogen and oxygen atoms in total. The number of carbonyl (C=O) groups excluding carboxylic acids is 2. The fraction of sp³-hybridized carbons (Fsp3) is 0.278. The van der Waals surface area contributed by atoms with Crippen molar-refractivity contribution in [1.82, 2.24) is 4.98 Å². The molecule has 1 atom stereocenters. The summed E-state index contributed by atoms with van der Waals surface area (Å²) >= 11 is 6.04. The molecule has 25 heavy (non-hydrogen) atoms. The van der Waals surface area contributed by atoms with E-state index in [4.69, 9.17) is 16.3 Å². The topological polar surface area (TPSA) is 71.5 Å². The van der Waals surface area contributed by atoms with Crippen molar-refractivity contribution in [3.63, 3.8) is 0 Å². The van der Waals surface area contributed by atoms with Gasteiger partial charge in [-0.1, -0.05) is 17.7 Å². The molecule has 1 saturated heterocycles. The van der Waals surface area contributed by atoms with Crippen LogP contribution < -0.4 is 15.0 Å². The normalized spacial score (nSPS) is 16.8. The Morgan fingerprint density at radius 1 is 1.40 bits per heavy atom. The van der Waals surface area contributed by atoms with Gasteiger partial charge in [0.2, 0.25) is 11.8 Å². The molecular weight excluding hydrogens is 342 g/mol.